The van der Waals surface area contributed by atoms with Crippen LogP contribution in [0.15, 0.2) is 12.3 Å². The average molecular weight is 445 g/mol. The number of esters is 1. The largest absolute Gasteiger partial charge is 0.462 e. The van der Waals surface area contributed by atoms with Gasteiger partial charge in [-0.1, -0.05) is 33.8 Å². The van der Waals surface area contributed by atoms with E-state index in [1.807, 2.05) is 26.8 Å². The molecule has 0 heterocycles. The van der Waals surface area contributed by atoms with E-state index in [9.17, 15) is 14.7 Å². The lowest BCUT2D eigenvalue weighted by atomic mass is 9.86. The Labute approximate surface area is 188 Å². The number of ether oxygens (including phenoxy) is 3. The molecule has 0 aromatic rings. The van der Waals surface area contributed by atoms with E-state index >= 15 is 0 Å². The van der Waals surface area contributed by atoms with E-state index in [-0.39, 0.29) is 48.6 Å². The molecule has 0 fully saturated rings. The van der Waals surface area contributed by atoms with Crippen molar-refractivity contribution in [2.45, 2.75) is 90.3 Å². The SMILES string of the molecule is CCC(=O)OC(CC[C@H](N)[C@H](CC(O)CC)OC)C(C)[C@H](OC)C(C)/C=C/N(C)C=O. The second-order valence-electron chi connectivity index (χ2n) is 8.23. The number of carbonyl (C=O) groups excluding carboxylic acids is 2. The van der Waals surface area contributed by atoms with Crippen LogP contribution in [0.5, 0.6) is 0 Å². The molecule has 3 N–H and O–H groups in total. The van der Waals surface area contributed by atoms with Gasteiger partial charge in [-0.25, -0.2) is 0 Å². The predicted molar refractivity (Wildman–Crippen MR) is 121 cm³/mol. The van der Waals surface area contributed by atoms with Crippen molar-refractivity contribution in [2.24, 2.45) is 17.6 Å². The average Bonchev–Trinajstić information content (AvgIpc) is 2.77. The highest BCUT2D eigenvalue weighted by Gasteiger charge is 2.32. The van der Waals surface area contributed by atoms with Crippen LogP contribution >= 0.6 is 0 Å². The first-order chi connectivity index (χ1) is 14.6. The molecule has 8 heteroatoms. The number of nitrogens with zero attached hydrogens (tertiary/aromatic N) is 1. The smallest absolute Gasteiger partial charge is 0.305 e. The van der Waals surface area contributed by atoms with E-state index in [2.05, 4.69) is 0 Å². The Hall–Kier alpha value is -1.48. The molecule has 1 amide bonds. The fourth-order valence-electron chi connectivity index (χ4n) is 3.64. The first-order valence-electron chi connectivity index (χ1n) is 11.2. The Morgan fingerprint density at radius 1 is 1.13 bits per heavy atom. The van der Waals surface area contributed by atoms with Gasteiger partial charge < -0.3 is 30.0 Å². The van der Waals surface area contributed by atoms with Crippen LogP contribution < -0.4 is 5.73 Å². The molecule has 7 atom stereocenters. The number of nitrogens with two attached hydrogens (primary N) is 1. The Balaban J connectivity index is 5.30. The summed E-state index contributed by atoms with van der Waals surface area (Å²) < 4.78 is 17.0. The molecule has 31 heavy (non-hydrogen) atoms. The summed E-state index contributed by atoms with van der Waals surface area (Å²) in [5, 5.41) is 9.94. The maximum Gasteiger partial charge on any atom is 0.305 e. The topological polar surface area (TPSA) is 111 Å². The van der Waals surface area contributed by atoms with Crippen LogP contribution in [-0.4, -0.2) is 74.1 Å². The molecule has 0 saturated heterocycles. The minimum atomic E-state index is -0.460. The zero-order chi connectivity index (χ0) is 24.0. The van der Waals surface area contributed by atoms with Crippen LogP contribution in [0.3, 0.4) is 0 Å². The van der Waals surface area contributed by atoms with Crippen molar-refractivity contribution in [1.82, 2.24) is 4.90 Å². The molecule has 0 rings (SSSR count). The number of aliphatic hydroxyl groups is 1. The van der Waals surface area contributed by atoms with Gasteiger partial charge >= 0.3 is 5.97 Å². The number of hydrogen-bond acceptors (Lipinski definition) is 7. The van der Waals surface area contributed by atoms with Gasteiger partial charge in [0.1, 0.15) is 6.10 Å². The van der Waals surface area contributed by atoms with Gasteiger partial charge in [-0.05, 0) is 19.3 Å². The molecule has 182 valence electrons. The Morgan fingerprint density at radius 2 is 1.77 bits per heavy atom. The number of methoxy groups -OCH3 is 2. The summed E-state index contributed by atoms with van der Waals surface area (Å²) in [6.07, 6.45) is 5.52. The summed E-state index contributed by atoms with van der Waals surface area (Å²) in [4.78, 5) is 24.3. The van der Waals surface area contributed by atoms with Crippen LogP contribution in [-0.2, 0) is 23.8 Å². The maximum atomic E-state index is 12.1. The fourth-order valence-corrected chi connectivity index (χ4v) is 3.64. The number of amides is 1. The van der Waals surface area contributed by atoms with Gasteiger partial charge in [0.2, 0.25) is 6.41 Å². The van der Waals surface area contributed by atoms with E-state index in [0.717, 1.165) is 6.41 Å². The third kappa shape index (κ3) is 11.1. The molecule has 0 aliphatic rings. The van der Waals surface area contributed by atoms with E-state index in [1.165, 1.54) is 4.90 Å². The lowest BCUT2D eigenvalue weighted by Gasteiger charge is -2.34. The number of rotatable bonds is 17. The molecule has 0 spiro atoms. The molecular formula is C23H44N2O6. The monoisotopic (exact) mass is 444 g/mol. The van der Waals surface area contributed by atoms with Crippen molar-refractivity contribution >= 4 is 12.4 Å². The molecular weight excluding hydrogens is 400 g/mol. The summed E-state index contributed by atoms with van der Waals surface area (Å²) >= 11 is 0. The zero-order valence-electron chi connectivity index (χ0n) is 20.3. The van der Waals surface area contributed by atoms with E-state index in [1.54, 1.807) is 34.4 Å². The lowest BCUT2D eigenvalue weighted by Crippen LogP contribution is -2.42. The molecule has 0 radical (unpaired) electrons. The molecule has 0 aliphatic carbocycles. The van der Waals surface area contributed by atoms with E-state index < -0.39 is 6.10 Å². The van der Waals surface area contributed by atoms with Crippen molar-refractivity contribution in [2.75, 3.05) is 21.3 Å². The number of hydrogen-bond donors (Lipinski definition) is 2. The third-order valence-electron chi connectivity index (χ3n) is 5.80. The quantitative estimate of drug-likeness (QED) is 0.262. The number of aliphatic hydroxyl groups excluding tert-OH is 1. The Kier molecular flexibility index (Phi) is 15.4. The molecule has 0 aromatic heterocycles. The van der Waals surface area contributed by atoms with Crippen molar-refractivity contribution in [1.29, 1.82) is 0 Å². The van der Waals surface area contributed by atoms with Gasteiger partial charge in [0.05, 0.1) is 18.3 Å². The van der Waals surface area contributed by atoms with E-state index in [0.29, 0.717) is 25.7 Å². The van der Waals surface area contributed by atoms with Gasteiger partial charge in [0, 0.05) is 58.2 Å². The molecule has 0 saturated carbocycles. The summed E-state index contributed by atoms with van der Waals surface area (Å²) in [6.45, 7) is 7.67. The first-order valence-corrected chi connectivity index (χ1v) is 11.2. The molecule has 4 unspecified atom stereocenters. The summed E-state index contributed by atoms with van der Waals surface area (Å²) in [6, 6.07) is -0.291. The molecule has 0 aromatic carbocycles. The first kappa shape index (κ1) is 29.5. The fraction of sp³-hybridized carbons (Fsp3) is 0.826. The standard InChI is InChI=1S/C23H44N2O6/c1-8-18(27)14-21(29-6)19(24)10-11-20(31-22(28)9-2)17(4)23(30-7)16(3)12-13-25(5)15-26/h12-13,15-21,23,27H,8-11,14,24H2,1-7H3/b13-12+/t16?,17?,18?,19-,20?,21-,23+/m0/s1. The van der Waals surface area contributed by atoms with Crippen molar-refractivity contribution in [3.63, 3.8) is 0 Å². The highest BCUT2D eigenvalue weighted by atomic mass is 16.5. The summed E-state index contributed by atoms with van der Waals surface area (Å²) in [5.74, 6) is -0.379. The van der Waals surface area contributed by atoms with Crippen LogP contribution in [0.4, 0.5) is 0 Å². The highest BCUT2D eigenvalue weighted by Crippen LogP contribution is 2.26. The normalized spacial score (nSPS) is 18.6. The van der Waals surface area contributed by atoms with Gasteiger partial charge in [-0.2, -0.15) is 0 Å². The second-order valence-corrected chi connectivity index (χ2v) is 8.23. The zero-order valence-corrected chi connectivity index (χ0v) is 20.3. The van der Waals surface area contributed by atoms with Crippen molar-refractivity contribution in [3.8, 4) is 0 Å². The predicted octanol–water partition coefficient (Wildman–Crippen LogP) is 2.48. The van der Waals surface area contributed by atoms with Crippen LogP contribution in [0.1, 0.15) is 59.8 Å². The second kappa shape index (κ2) is 16.2. The Morgan fingerprint density at radius 3 is 2.26 bits per heavy atom. The van der Waals surface area contributed by atoms with Gasteiger partial charge in [0.25, 0.3) is 0 Å². The van der Waals surface area contributed by atoms with Crippen molar-refractivity contribution < 1.29 is 28.9 Å². The Bertz CT molecular complexity index is 530. The lowest BCUT2D eigenvalue weighted by molar-refractivity contribution is -0.155. The summed E-state index contributed by atoms with van der Waals surface area (Å²) in [5.41, 5.74) is 6.35. The van der Waals surface area contributed by atoms with Gasteiger partial charge in [-0.3, -0.25) is 9.59 Å². The van der Waals surface area contributed by atoms with Crippen LogP contribution in [0.2, 0.25) is 0 Å². The highest BCUT2D eigenvalue weighted by molar-refractivity contribution is 5.69. The van der Waals surface area contributed by atoms with Gasteiger partial charge in [-0.15, -0.1) is 0 Å². The third-order valence-corrected chi connectivity index (χ3v) is 5.80. The van der Waals surface area contributed by atoms with Crippen molar-refractivity contribution in [3.05, 3.63) is 12.3 Å². The number of carbonyl (C=O) groups is 2. The summed E-state index contributed by atoms with van der Waals surface area (Å²) in [7, 11) is 4.89. The van der Waals surface area contributed by atoms with Gasteiger partial charge in [0.15, 0.2) is 0 Å². The minimum absolute atomic E-state index is 0.00896. The molecule has 0 aliphatic heterocycles. The van der Waals surface area contributed by atoms with Crippen LogP contribution in [0, 0.1) is 11.8 Å². The minimum Gasteiger partial charge on any atom is -0.462 e. The van der Waals surface area contributed by atoms with E-state index in [4.69, 9.17) is 19.9 Å². The molecule has 0 bridgehead atoms. The van der Waals surface area contributed by atoms with Crippen LogP contribution in [0.25, 0.3) is 0 Å². The maximum absolute atomic E-state index is 12.1. The molecule has 8 nitrogen and oxygen atoms in total.